The molecule has 0 aliphatic rings. The van der Waals surface area contributed by atoms with Gasteiger partial charge in [0.1, 0.15) is 16.9 Å². The molecule has 7 heteroatoms. The van der Waals surface area contributed by atoms with Crippen molar-refractivity contribution in [2.45, 2.75) is 0 Å². The molecule has 0 aliphatic carbocycles. The smallest absolute Gasteiger partial charge is 0.162 e. The summed E-state index contributed by atoms with van der Waals surface area (Å²) in [6, 6.07) is 17.5. The van der Waals surface area contributed by atoms with Crippen molar-refractivity contribution in [2.75, 3.05) is 5.32 Å². The van der Waals surface area contributed by atoms with Crippen LogP contribution in [0, 0.1) is 0 Å². The summed E-state index contributed by atoms with van der Waals surface area (Å²) < 4.78 is 0. The lowest BCUT2D eigenvalue weighted by Gasteiger charge is -2.11. The fourth-order valence-electron chi connectivity index (χ4n) is 2.86. The van der Waals surface area contributed by atoms with E-state index >= 15 is 0 Å². The van der Waals surface area contributed by atoms with Crippen LogP contribution in [0.3, 0.4) is 0 Å². The van der Waals surface area contributed by atoms with Gasteiger partial charge in [0, 0.05) is 29.0 Å². The van der Waals surface area contributed by atoms with E-state index in [0.717, 1.165) is 39.0 Å². The molecule has 5 rings (SSSR count). The van der Waals surface area contributed by atoms with E-state index in [0.29, 0.717) is 5.82 Å². The molecule has 0 unspecified atom stereocenters. The number of pyridine rings is 1. The molecule has 7 nitrogen and oxygen atoms in total. The molecule has 0 saturated carbocycles. The van der Waals surface area contributed by atoms with Gasteiger partial charge in [-0.2, -0.15) is 15.4 Å². The Labute approximate surface area is 148 Å². The zero-order valence-corrected chi connectivity index (χ0v) is 13.6. The minimum absolute atomic E-state index is 0.649. The monoisotopic (exact) mass is 339 g/mol. The predicted molar refractivity (Wildman–Crippen MR) is 99.9 cm³/mol. The summed E-state index contributed by atoms with van der Waals surface area (Å²) >= 11 is 0. The first kappa shape index (κ1) is 14.5. The van der Waals surface area contributed by atoms with Crippen molar-refractivity contribution in [3.63, 3.8) is 0 Å². The molecule has 0 fully saturated rings. The van der Waals surface area contributed by atoms with E-state index in [9.17, 15) is 0 Å². The molecular formula is C19H13N7. The van der Waals surface area contributed by atoms with Crippen molar-refractivity contribution < 1.29 is 0 Å². The van der Waals surface area contributed by atoms with Gasteiger partial charge in [0.15, 0.2) is 5.82 Å². The predicted octanol–water partition coefficient (Wildman–Crippen LogP) is 3.71. The average molecular weight is 339 g/mol. The lowest BCUT2D eigenvalue weighted by molar-refractivity contribution is 0.959. The second-order valence-electron chi connectivity index (χ2n) is 5.80. The van der Waals surface area contributed by atoms with Crippen LogP contribution in [0.1, 0.15) is 0 Å². The summed E-state index contributed by atoms with van der Waals surface area (Å²) in [6.45, 7) is 0. The molecule has 124 valence electrons. The number of fused-ring (bicyclic) bond motifs is 2. The van der Waals surface area contributed by atoms with Gasteiger partial charge in [-0.1, -0.05) is 12.1 Å². The normalized spacial score (nSPS) is 11.1. The van der Waals surface area contributed by atoms with Crippen LogP contribution in [0.4, 0.5) is 11.5 Å². The summed E-state index contributed by atoms with van der Waals surface area (Å²) in [5.41, 5.74) is 4.29. The zero-order chi connectivity index (χ0) is 17.3. The molecule has 3 heterocycles. The second-order valence-corrected chi connectivity index (χ2v) is 5.80. The second kappa shape index (κ2) is 5.89. The molecule has 0 aliphatic heterocycles. The van der Waals surface area contributed by atoms with E-state index in [1.165, 1.54) is 0 Å². The van der Waals surface area contributed by atoms with Gasteiger partial charge in [-0.25, -0.2) is 9.97 Å². The molecule has 2 N–H and O–H groups in total. The molecular weight excluding hydrogens is 326 g/mol. The van der Waals surface area contributed by atoms with Gasteiger partial charge in [-0.05, 0) is 42.5 Å². The van der Waals surface area contributed by atoms with E-state index in [2.05, 4.69) is 30.7 Å². The van der Waals surface area contributed by atoms with Crippen LogP contribution >= 0.6 is 0 Å². The molecule has 5 aromatic rings. The summed E-state index contributed by atoms with van der Waals surface area (Å²) in [7, 11) is 0. The fraction of sp³-hybridized carbons (Fsp3) is 0. The SMILES string of the molecule is c1ccc2c(Nc3ccc4n[nH]nc4c3)nc(-c3ccncc3)nc2c1. The quantitative estimate of drug-likeness (QED) is 0.520. The molecule has 0 atom stereocenters. The Bertz CT molecular complexity index is 1210. The van der Waals surface area contributed by atoms with Crippen molar-refractivity contribution in [3.8, 4) is 11.4 Å². The Morgan fingerprint density at radius 2 is 1.62 bits per heavy atom. The maximum absolute atomic E-state index is 4.74. The van der Waals surface area contributed by atoms with Gasteiger partial charge in [0.2, 0.25) is 0 Å². The van der Waals surface area contributed by atoms with Gasteiger partial charge >= 0.3 is 0 Å². The van der Waals surface area contributed by atoms with E-state index in [1.807, 2.05) is 54.6 Å². The number of anilines is 2. The maximum atomic E-state index is 4.74. The number of nitrogens with one attached hydrogen (secondary N) is 2. The van der Waals surface area contributed by atoms with Gasteiger partial charge in [-0.15, -0.1) is 0 Å². The van der Waals surface area contributed by atoms with Crippen LogP contribution in [-0.4, -0.2) is 30.4 Å². The molecule has 0 radical (unpaired) electrons. The average Bonchev–Trinajstić information content (AvgIpc) is 3.16. The molecule has 0 saturated heterocycles. The highest BCUT2D eigenvalue weighted by Crippen LogP contribution is 2.27. The number of hydrogen-bond donors (Lipinski definition) is 2. The minimum atomic E-state index is 0.649. The number of nitrogens with zero attached hydrogens (tertiary/aromatic N) is 5. The number of H-pyrrole nitrogens is 1. The number of hydrogen-bond acceptors (Lipinski definition) is 6. The van der Waals surface area contributed by atoms with Crippen LogP contribution in [0.15, 0.2) is 67.0 Å². The van der Waals surface area contributed by atoms with E-state index in [1.54, 1.807) is 12.4 Å². The van der Waals surface area contributed by atoms with Crippen LogP contribution in [-0.2, 0) is 0 Å². The fourth-order valence-corrected chi connectivity index (χ4v) is 2.86. The largest absolute Gasteiger partial charge is 0.340 e. The third kappa shape index (κ3) is 2.51. The molecule has 3 aromatic heterocycles. The standard InChI is InChI=1S/C19H13N7/c1-2-4-15-14(3-1)19(23-18(22-15)12-7-9-20-10-8-12)21-13-5-6-16-17(11-13)25-26-24-16/h1-11H,(H,21,22,23)(H,24,25,26). The first-order chi connectivity index (χ1) is 12.9. The number of aromatic amines is 1. The Kier molecular flexibility index (Phi) is 3.28. The van der Waals surface area contributed by atoms with Crippen LogP contribution < -0.4 is 5.32 Å². The lowest BCUT2D eigenvalue weighted by atomic mass is 10.2. The first-order valence-corrected chi connectivity index (χ1v) is 8.11. The molecule has 26 heavy (non-hydrogen) atoms. The Morgan fingerprint density at radius 3 is 2.54 bits per heavy atom. The zero-order valence-electron chi connectivity index (χ0n) is 13.6. The molecule has 0 amide bonds. The number of aromatic nitrogens is 6. The van der Waals surface area contributed by atoms with Crippen molar-refractivity contribution in [1.29, 1.82) is 0 Å². The van der Waals surface area contributed by atoms with Crippen molar-refractivity contribution in [1.82, 2.24) is 30.4 Å². The van der Waals surface area contributed by atoms with Crippen LogP contribution in [0.2, 0.25) is 0 Å². The topological polar surface area (TPSA) is 92.3 Å². The number of para-hydroxylation sites is 1. The highest BCUT2D eigenvalue weighted by Gasteiger charge is 2.10. The maximum Gasteiger partial charge on any atom is 0.162 e. The third-order valence-electron chi connectivity index (χ3n) is 4.12. The van der Waals surface area contributed by atoms with Crippen molar-refractivity contribution in [3.05, 3.63) is 67.0 Å². The first-order valence-electron chi connectivity index (χ1n) is 8.11. The third-order valence-corrected chi connectivity index (χ3v) is 4.12. The summed E-state index contributed by atoms with van der Waals surface area (Å²) in [4.78, 5) is 13.5. The highest BCUT2D eigenvalue weighted by molar-refractivity contribution is 5.93. The number of benzene rings is 2. The molecule has 0 bridgehead atoms. The summed E-state index contributed by atoms with van der Waals surface area (Å²) in [5.74, 6) is 1.39. The Morgan fingerprint density at radius 1 is 0.769 bits per heavy atom. The summed E-state index contributed by atoms with van der Waals surface area (Å²) in [6.07, 6.45) is 3.47. The molecule has 0 spiro atoms. The van der Waals surface area contributed by atoms with Crippen LogP contribution in [0.25, 0.3) is 33.3 Å². The van der Waals surface area contributed by atoms with Gasteiger partial charge in [0.05, 0.1) is 5.52 Å². The number of rotatable bonds is 3. The highest BCUT2D eigenvalue weighted by atomic mass is 15.3. The Hall–Kier alpha value is -3.87. The van der Waals surface area contributed by atoms with E-state index in [4.69, 9.17) is 4.98 Å². The van der Waals surface area contributed by atoms with Crippen LogP contribution in [0.5, 0.6) is 0 Å². The van der Waals surface area contributed by atoms with Gasteiger partial charge in [0.25, 0.3) is 0 Å². The minimum Gasteiger partial charge on any atom is -0.340 e. The van der Waals surface area contributed by atoms with Gasteiger partial charge < -0.3 is 5.32 Å². The van der Waals surface area contributed by atoms with Gasteiger partial charge in [-0.3, -0.25) is 4.98 Å². The Balaban J connectivity index is 1.65. The van der Waals surface area contributed by atoms with Crippen molar-refractivity contribution in [2.24, 2.45) is 0 Å². The van der Waals surface area contributed by atoms with Crippen molar-refractivity contribution >= 4 is 33.4 Å². The van der Waals surface area contributed by atoms with E-state index in [-0.39, 0.29) is 0 Å². The van der Waals surface area contributed by atoms with E-state index < -0.39 is 0 Å². The lowest BCUT2D eigenvalue weighted by Crippen LogP contribution is -1.99. The molecule has 2 aromatic carbocycles. The summed E-state index contributed by atoms with van der Waals surface area (Å²) in [5, 5.41) is 15.2.